The molecule has 0 aliphatic heterocycles. The summed E-state index contributed by atoms with van der Waals surface area (Å²) in [4.78, 5) is 49.4. The van der Waals surface area contributed by atoms with Crippen LogP contribution in [0.4, 0.5) is 0 Å². The van der Waals surface area contributed by atoms with Crippen LogP contribution in [0.15, 0.2) is 47.7 Å². The number of imidazole rings is 1. The predicted molar refractivity (Wildman–Crippen MR) is 200 cm³/mol. The smallest absolute Gasteiger partial charge is 0.302 e. The number of amides is 1. The molecule has 2 aromatic rings. The number of aromatic amines is 1. The van der Waals surface area contributed by atoms with Crippen molar-refractivity contribution >= 4 is 17.7 Å². The van der Waals surface area contributed by atoms with Gasteiger partial charge in [0.25, 0.3) is 0 Å². The lowest BCUT2D eigenvalue weighted by molar-refractivity contribution is -0.232. The number of fused-ring (bicyclic) bond motifs is 7. The Labute approximate surface area is 305 Å². The van der Waals surface area contributed by atoms with E-state index < -0.39 is 11.0 Å². The molecule has 7 heteroatoms. The fourth-order valence-corrected chi connectivity index (χ4v) is 13.1. The first-order valence-corrected chi connectivity index (χ1v) is 19.7. The van der Waals surface area contributed by atoms with Crippen molar-refractivity contribution in [1.29, 1.82) is 0 Å². The summed E-state index contributed by atoms with van der Waals surface area (Å²) in [5.74, 6) is 1.91. The number of benzene rings is 1. The van der Waals surface area contributed by atoms with E-state index in [0.717, 1.165) is 61.8 Å². The number of aromatic nitrogens is 2. The Hall–Kier alpha value is -3.22. The van der Waals surface area contributed by atoms with Crippen molar-refractivity contribution in [3.8, 4) is 11.3 Å². The number of allylic oxidation sites excluding steroid dienone is 1. The van der Waals surface area contributed by atoms with E-state index in [1.165, 1.54) is 5.57 Å². The van der Waals surface area contributed by atoms with Gasteiger partial charge in [-0.2, -0.15) is 0 Å². The SMILES string of the molecule is CC(=O)O[C@H]1CC[C@@]2(C)C(CC[C@]3(C)C2CC[C@@H]2C4=C(C(C)C)C(=O)C[C@]4(C(=O)NC(C)(C)c4ncc(-c5ccccc5)[nH]4)CC[C@]23C)C1(C)C. The highest BCUT2D eigenvalue weighted by Crippen LogP contribution is 2.76. The maximum atomic E-state index is 15.0. The molecule has 4 saturated carbocycles. The van der Waals surface area contributed by atoms with Gasteiger partial charge in [0, 0.05) is 18.8 Å². The number of carbonyl (C=O) groups is 3. The van der Waals surface area contributed by atoms with Crippen molar-refractivity contribution in [2.75, 3.05) is 0 Å². The Morgan fingerprint density at radius 3 is 2.29 bits per heavy atom. The average Bonchev–Trinajstić information content (AvgIpc) is 3.67. The van der Waals surface area contributed by atoms with E-state index in [2.05, 4.69) is 58.8 Å². The molecule has 1 aromatic carbocycles. The van der Waals surface area contributed by atoms with Crippen LogP contribution >= 0.6 is 0 Å². The number of esters is 1. The standard InChI is InChI=1S/C44H61N3O4/c1-26(2)35-31(49)24-44(38(50)47-40(6,7)37-45-25-30(46-37)28-14-12-11-13-15-28)23-22-42(9)29(36(35)44)16-17-33-41(8)20-19-34(51-27(3)48)39(4,5)32(41)18-21-43(33,42)10/h11-15,25-26,29,32-34H,16-24H2,1-10H3,(H,45,46)(H,47,50)/t29-,32?,33?,34+,41+,42-,43-,44-/m1/s1. The maximum Gasteiger partial charge on any atom is 0.302 e. The number of Topliss-reactive ketones (excluding diaryl/α,β-unsaturated/α-hetero) is 1. The Kier molecular flexibility index (Phi) is 8.43. The van der Waals surface area contributed by atoms with Crippen LogP contribution in [0.3, 0.4) is 0 Å². The maximum absolute atomic E-state index is 15.0. The van der Waals surface area contributed by atoms with Crippen molar-refractivity contribution < 1.29 is 19.1 Å². The van der Waals surface area contributed by atoms with E-state index in [1.54, 1.807) is 6.92 Å². The predicted octanol–water partition coefficient (Wildman–Crippen LogP) is 9.34. The fraction of sp³-hybridized carbons (Fsp3) is 0.682. The van der Waals surface area contributed by atoms with E-state index in [0.29, 0.717) is 24.1 Å². The number of H-pyrrole nitrogens is 1. The minimum absolute atomic E-state index is 0.0281. The van der Waals surface area contributed by atoms with Crippen molar-refractivity contribution in [2.24, 2.45) is 50.7 Å². The summed E-state index contributed by atoms with van der Waals surface area (Å²) < 4.78 is 5.96. The van der Waals surface area contributed by atoms with Gasteiger partial charge in [-0.1, -0.05) is 78.8 Å². The summed E-state index contributed by atoms with van der Waals surface area (Å²) >= 11 is 0. The first-order chi connectivity index (χ1) is 23.8. The van der Waals surface area contributed by atoms with Crippen molar-refractivity contribution in [3.05, 3.63) is 53.5 Å². The van der Waals surface area contributed by atoms with Crippen molar-refractivity contribution in [3.63, 3.8) is 0 Å². The highest BCUT2D eigenvalue weighted by molar-refractivity contribution is 6.07. The molecule has 5 aliphatic rings. The molecule has 1 aromatic heterocycles. The molecule has 276 valence electrons. The second-order valence-corrected chi connectivity index (χ2v) is 19.3. The van der Waals surface area contributed by atoms with E-state index in [-0.39, 0.29) is 63.7 Å². The molecule has 7 nitrogen and oxygen atoms in total. The number of ether oxygens (including phenoxy) is 1. The molecule has 4 fully saturated rings. The number of nitrogens with zero attached hydrogens (tertiary/aromatic N) is 1. The third-order valence-corrected chi connectivity index (χ3v) is 15.8. The quantitative estimate of drug-likeness (QED) is 0.294. The highest BCUT2D eigenvalue weighted by atomic mass is 16.5. The van der Waals surface area contributed by atoms with Crippen LogP contribution in [0.5, 0.6) is 0 Å². The van der Waals surface area contributed by atoms with Crippen LogP contribution in [0.1, 0.15) is 133 Å². The molecule has 1 heterocycles. The normalized spacial score (nSPS) is 37.3. The third kappa shape index (κ3) is 5.16. The molecule has 1 amide bonds. The summed E-state index contributed by atoms with van der Waals surface area (Å²) in [6, 6.07) is 10.1. The average molecular weight is 696 g/mol. The Balaban J connectivity index is 1.22. The van der Waals surface area contributed by atoms with Gasteiger partial charge >= 0.3 is 5.97 Å². The third-order valence-electron chi connectivity index (χ3n) is 15.8. The second-order valence-electron chi connectivity index (χ2n) is 19.3. The number of hydrogen-bond acceptors (Lipinski definition) is 5. The molecule has 7 rings (SSSR count). The fourth-order valence-electron chi connectivity index (χ4n) is 13.1. The van der Waals surface area contributed by atoms with Crippen molar-refractivity contribution in [1.82, 2.24) is 15.3 Å². The van der Waals surface area contributed by atoms with Gasteiger partial charge in [0.2, 0.25) is 5.91 Å². The van der Waals surface area contributed by atoms with Crippen LogP contribution in [0.2, 0.25) is 0 Å². The number of ketones is 1. The van der Waals surface area contributed by atoms with Gasteiger partial charge in [-0.25, -0.2) is 4.98 Å². The zero-order valence-corrected chi connectivity index (χ0v) is 32.8. The van der Waals surface area contributed by atoms with E-state index in [4.69, 9.17) is 9.72 Å². The van der Waals surface area contributed by atoms with Gasteiger partial charge in [0.05, 0.1) is 22.8 Å². The Bertz CT molecular complexity index is 1770. The van der Waals surface area contributed by atoms with Crippen LogP contribution in [-0.2, 0) is 24.7 Å². The van der Waals surface area contributed by atoms with Gasteiger partial charge in [0.1, 0.15) is 11.9 Å². The lowest BCUT2D eigenvalue weighted by atomic mass is 9.33. The van der Waals surface area contributed by atoms with Crippen LogP contribution < -0.4 is 5.32 Å². The summed E-state index contributed by atoms with van der Waals surface area (Å²) in [6.45, 7) is 22.2. The van der Waals surface area contributed by atoms with Gasteiger partial charge in [-0.15, -0.1) is 0 Å². The molecule has 51 heavy (non-hydrogen) atoms. The van der Waals surface area contributed by atoms with Gasteiger partial charge in [-0.3, -0.25) is 14.4 Å². The number of nitrogens with one attached hydrogen (secondary N) is 2. The zero-order valence-electron chi connectivity index (χ0n) is 32.8. The van der Waals surface area contributed by atoms with Gasteiger partial charge < -0.3 is 15.0 Å². The summed E-state index contributed by atoms with van der Waals surface area (Å²) in [6.07, 6.45) is 9.98. The largest absolute Gasteiger partial charge is 0.462 e. The molecule has 2 unspecified atom stereocenters. The molecule has 0 bridgehead atoms. The number of carbonyl (C=O) groups excluding carboxylic acids is 3. The molecular formula is C44H61N3O4. The first-order valence-electron chi connectivity index (χ1n) is 19.7. The van der Waals surface area contributed by atoms with Gasteiger partial charge in [0.15, 0.2) is 5.78 Å². The summed E-state index contributed by atoms with van der Waals surface area (Å²) in [5, 5.41) is 3.44. The number of rotatable bonds is 6. The monoisotopic (exact) mass is 695 g/mol. The van der Waals surface area contributed by atoms with Crippen LogP contribution in [-0.4, -0.2) is 33.7 Å². The minimum Gasteiger partial charge on any atom is -0.462 e. The van der Waals surface area contributed by atoms with E-state index in [1.807, 2.05) is 50.4 Å². The van der Waals surface area contributed by atoms with E-state index >= 15 is 0 Å². The van der Waals surface area contributed by atoms with Crippen molar-refractivity contribution in [2.45, 2.75) is 139 Å². The molecule has 5 aliphatic carbocycles. The first kappa shape index (κ1) is 36.2. The topological polar surface area (TPSA) is 101 Å². The molecule has 2 N–H and O–H groups in total. The lowest BCUT2D eigenvalue weighted by Gasteiger charge is -2.72. The van der Waals surface area contributed by atoms with Gasteiger partial charge in [-0.05, 0) is 122 Å². The molecular weight excluding hydrogens is 635 g/mol. The molecule has 0 saturated heterocycles. The summed E-state index contributed by atoms with van der Waals surface area (Å²) in [7, 11) is 0. The minimum atomic E-state index is -0.832. The second kappa shape index (κ2) is 11.9. The Morgan fingerprint density at radius 1 is 0.922 bits per heavy atom. The zero-order chi connectivity index (χ0) is 36.9. The molecule has 0 spiro atoms. The Morgan fingerprint density at radius 2 is 1.63 bits per heavy atom. The van der Waals surface area contributed by atoms with Crippen LogP contribution in [0.25, 0.3) is 11.3 Å². The lowest BCUT2D eigenvalue weighted by Crippen LogP contribution is -2.66. The molecule has 0 radical (unpaired) electrons. The highest BCUT2D eigenvalue weighted by Gasteiger charge is 2.71. The summed E-state index contributed by atoms with van der Waals surface area (Å²) in [5.41, 5.74) is 2.53. The number of hydrogen-bond donors (Lipinski definition) is 2. The molecule has 8 atom stereocenters. The van der Waals surface area contributed by atoms with Crippen LogP contribution in [0, 0.1) is 50.7 Å². The van der Waals surface area contributed by atoms with E-state index in [9.17, 15) is 14.4 Å².